The zero-order valence-electron chi connectivity index (χ0n) is 16.4. The van der Waals surface area contributed by atoms with Gasteiger partial charge in [-0.15, -0.1) is 0 Å². The summed E-state index contributed by atoms with van der Waals surface area (Å²) >= 11 is 1.46. The van der Waals surface area contributed by atoms with Crippen molar-refractivity contribution in [1.82, 2.24) is 15.1 Å². The molecule has 28 heavy (non-hydrogen) atoms. The van der Waals surface area contributed by atoms with Crippen LogP contribution < -0.4 is 5.32 Å². The number of rotatable bonds is 11. The van der Waals surface area contributed by atoms with E-state index in [9.17, 15) is 28.4 Å². The van der Waals surface area contributed by atoms with Crippen LogP contribution in [0.25, 0.3) is 0 Å². The second kappa shape index (κ2) is 11.3. The Kier molecular flexibility index (Phi) is 9.78. The average Bonchev–Trinajstić information content (AvgIpc) is 2.97. The van der Waals surface area contributed by atoms with E-state index in [1.807, 2.05) is 31.3 Å². The lowest BCUT2D eigenvalue weighted by molar-refractivity contribution is -0.141. The van der Waals surface area contributed by atoms with Crippen LogP contribution in [0.5, 0.6) is 0 Å². The van der Waals surface area contributed by atoms with Crippen LogP contribution in [0.2, 0.25) is 0 Å². The molecule has 2 unspecified atom stereocenters. The highest BCUT2D eigenvalue weighted by atomic mass is 32.2. The lowest BCUT2D eigenvalue weighted by Crippen LogP contribution is -2.42. The van der Waals surface area contributed by atoms with Crippen molar-refractivity contribution in [3.05, 3.63) is 11.8 Å². The minimum atomic E-state index is -3.13. The number of carbonyl (C=O) groups is 2. The lowest BCUT2D eigenvalue weighted by Gasteiger charge is -2.28. The highest BCUT2D eigenvalue weighted by molar-refractivity contribution is 7.98. The number of hydrogen-bond donors (Lipinski definition) is 2. The first-order valence-electron chi connectivity index (χ1n) is 8.85. The summed E-state index contributed by atoms with van der Waals surface area (Å²) in [6, 6.07) is 0.414. The number of nitrogens with zero attached hydrogens (tertiary/aromatic N) is 3. The monoisotopic (exact) mass is 432 g/mol. The van der Waals surface area contributed by atoms with E-state index in [2.05, 4.69) is 5.32 Å². The highest BCUT2D eigenvalue weighted by Gasteiger charge is 2.32. The fraction of sp³-hybridized carbons (Fsp3) is 0.706. The van der Waals surface area contributed by atoms with Gasteiger partial charge in [0, 0.05) is 25.3 Å². The molecule has 1 aliphatic heterocycles. The molecule has 0 aromatic heterocycles. The van der Waals surface area contributed by atoms with Crippen molar-refractivity contribution in [2.24, 2.45) is 0 Å². The molecular formula is C17H28N4O5S2. The summed E-state index contributed by atoms with van der Waals surface area (Å²) < 4.78 is 23.6. The maximum absolute atomic E-state index is 12.4. The molecule has 1 heterocycles. The van der Waals surface area contributed by atoms with E-state index in [0.29, 0.717) is 25.3 Å². The second-order valence-electron chi connectivity index (χ2n) is 6.90. The molecule has 0 aliphatic carbocycles. The molecule has 11 heteroatoms. The number of carbonyl (C=O) groups excluding carboxylic acids is 1. The molecule has 158 valence electrons. The van der Waals surface area contributed by atoms with Gasteiger partial charge in [-0.25, -0.2) is 13.2 Å². The topological polar surface area (TPSA) is 131 Å². The largest absolute Gasteiger partial charge is 0.480 e. The molecule has 1 rings (SSSR count). The van der Waals surface area contributed by atoms with Crippen LogP contribution in [0.15, 0.2) is 11.8 Å². The van der Waals surface area contributed by atoms with Crippen molar-refractivity contribution in [2.75, 3.05) is 50.7 Å². The Morgan fingerprint density at radius 2 is 2.07 bits per heavy atom. The summed E-state index contributed by atoms with van der Waals surface area (Å²) in [6.45, 7) is 1.05. The predicted octanol–water partition coefficient (Wildman–Crippen LogP) is -0.233. The SMILES string of the molecule is CSCCC(NC(=O)/C(C#N)=C\N(CCN(C)C)C1CCS(=O)(=O)C1)C(=O)O. The predicted molar refractivity (Wildman–Crippen MR) is 109 cm³/mol. The van der Waals surface area contributed by atoms with Crippen molar-refractivity contribution in [2.45, 2.75) is 24.9 Å². The fourth-order valence-corrected chi connectivity index (χ4v) is 4.95. The van der Waals surface area contributed by atoms with Gasteiger partial charge in [0.15, 0.2) is 9.84 Å². The quantitative estimate of drug-likeness (QED) is 0.336. The van der Waals surface area contributed by atoms with Crippen LogP contribution in [-0.4, -0.2) is 98.0 Å². The van der Waals surface area contributed by atoms with Gasteiger partial charge >= 0.3 is 5.97 Å². The van der Waals surface area contributed by atoms with Gasteiger partial charge < -0.3 is 20.2 Å². The number of sulfone groups is 1. The van der Waals surface area contributed by atoms with Crippen LogP contribution in [0.1, 0.15) is 12.8 Å². The zero-order chi connectivity index (χ0) is 21.3. The van der Waals surface area contributed by atoms with Crippen molar-refractivity contribution in [3.8, 4) is 6.07 Å². The lowest BCUT2D eigenvalue weighted by atomic mass is 10.2. The van der Waals surface area contributed by atoms with Gasteiger partial charge in [-0.1, -0.05) is 0 Å². The van der Waals surface area contributed by atoms with E-state index in [1.165, 1.54) is 18.0 Å². The van der Waals surface area contributed by atoms with Crippen LogP contribution in [0.3, 0.4) is 0 Å². The molecule has 0 radical (unpaired) electrons. The first kappa shape index (κ1) is 24.3. The molecule has 9 nitrogen and oxygen atoms in total. The Morgan fingerprint density at radius 3 is 2.54 bits per heavy atom. The number of carboxylic acid groups (broad SMARTS) is 1. The second-order valence-corrected chi connectivity index (χ2v) is 10.1. The Hall–Kier alpha value is -1.77. The van der Waals surface area contributed by atoms with E-state index in [1.54, 1.807) is 4.90 Å². The van der Waals surface area contributed by atoms with Gasteiger partial charge in [0.2, 0.25) is 0 Å². The molecule has 0 aromatic carbocycles. The number of carboxylic acids is 1. The summed E-state index contributed by atoms with van der Waals surface area (Å²) in [6.07, 6.45) is 3.86. The molecule has 2 atom stereocenters. The molecule has 1 aliphatic rings. The van der Waals surface area contributed by atoms with Crippen molar-refractivity contribution >= 4 is 33.5 Å². The fourth-order valence-electron chi connectivity index (χ4n) is 2.74. The van der Waals surface area contributed by atoms with E-state index in [0.717, 1.165) is 0 Å². The van der Waals surface area contributed by atoms with Gasteiger partial charge in [0.1, 0.15) is 17.7 Å². The summed E-state index contributed by atoms with van der Waals surface area (Å²) in [5.41, 5.74) is -0.238. The number of likely N-dealkylation sites (N-methyl/N-ethyl adjacent to an activating group) is 1. The molecule has 0 aromatic rings. The molecular weight excluding hydrogens is 404 g/mol. The van der Waals surface area contributed by atoms with Crippen molar-refractivity contribution in [1.29, 1.82) is 5.26 Å². The Balaban J connectivity index is 2.99. The number of hydrogen-bond acceptors (Lipinski definition) is 8. The summed E-state index contributed by atoms with van der Waals surface area (Å²) in [7, 11) is 0.609. The first-order chi connectivity index (χ1) is 13.1. The number of nitriles is 1. The maximum atomic E-state index is 12.4. The van der Waals surface area contributed by atoms with Gasteiger partial charge in [0.25, 0.3) is 5.91 Å². The molecule has 1 fully saturated rings. The van der Waals surface area contributed by atoms with Gasteiger partial charge in [-0.2, -0.15) is 17.0 Å². The maximum Gasteiger partial charge on any atom is 0.326 e. The standard InChI is InChI=1S/C17H28N4O5S2/c1-20(2)6-7-21(14-5-9-28(25,26)12-14)11-13(10-18)16(22)19-15(17(23)24)4-8-27-3/h11,14-15H,4-9,12H2,1-3H3,(H,19,22)(H,23,24)/b13-11-. The number of amides is 1. The first-order valence-corrected chi connectivity index (χ1v) is 12.1. The average molecular weight is 433 g/mol. The van der Waals surface area contributed by atoms with E-state index >= 15 is 0 Å². The third-order valence-corrected chi connectivity index (χ3v) is 6.75. The Bertz CT molecular complexity index is 730. The Labute approximate surface area is 170 Å². The number of nitrogens with one attached hydrogen (secondary N) is 1. The molecule has 0 spiro atoms. The minimum Gasteiger partial charge on any atom is -0.480 e. The van der Waals surface area contributed by atoms with Crippen LogP contribution in [-0.2, 0) is 19.4 Å². The number of aliphatic carboxylic acids is 1. The summed E-state index contributed by atoms with van der Waals surface area (Å²) in [4.78, 5) is 27.4. The third-order valence-electron chi connectivity index (χ3n) is 4.36. The minimum absolute atomic E-state index is 0.0251. The normalized spacial score (nSPS) is 19.8. The van der Waals surface area contributed by atoms with Gasteiger partial charge in [-0.3, -0.25) is 4.79 Å². The van der Waals surface area contributed by atoms with Gasteiger partial charge in [0.05, 0.1) is 11.5 Å². The van der Waals surface area contributed by atoms with Crippen LogP contribution in [0.4, 0.5) is 0 Å². The highest BCUT2D eigenvalue weighted by Crippen LogP contribution is 2.19. The van der Waals surface area contributed by atoms with Crippen molar-refractivity contribution < 1.29 is 23.1 Å². The zero-order valence-corrected chi connectivity index (χ0v) is 18.1. The molecule has 0 saturated carbocycles. The summed E-state index contributed by atoms with van der Waals surface area (Å²) in [5.74, 6) is -1.33. The molecule has 0 bridgehead atoms. The summed E-state index contributed by atoms with van der Waals surface area (Å²) in [5, 5.41) is 21.0. The smallest absolute Gasteiger partial charge is 0.326 e. The van der Waals surface area contributed by atoms with E-state index in [4.69, 9.17) is 0 Å². The van der Waals surface area contributed by atoms with E-state index in [-0.39, 0.29) is 29.5 Å². The molecule has 2 N–H and O–H groups in total. The molecule has 1 saturated heterocycles. The van der Waals surface area contributed by atoms with Crippen LogP contribution in [0, 0.1) is 11.3 Å². The Morgan fingerprint density at radius 1 is 1.39 bits per heavy atom. The van der Waals surface area contributed by atoms with Crippen LogP contribution >= 0.6 is 11.8 Å². The van der Waals surface area contributed by atoms with Crippen molar-refractivity contribution in [3.63, 3.8) is 0 Å². The van der Waals surface area contributed by atoms with Gasteiger partial charge in [-0.05, 0) is 38.9 Å². The number of thioether (sulfide) groups is 1. The molecule has 1 amide bonds. The van der Waals surface area contributed by atoms with E-state index < -0.39 is 27.8 Å². The third kappa shape index (κ3) is 8.08.